The molecular formula is C25H33N3O3. The molecule has 2 aliphatic rings. The van der Waals surface area contributed by atoms with Crippen molar-refractivity contribution in [1.82, 2.24) is 9.80 Å². The van der Waals surface area contributed by atoms with Crippen molar-refractivity contribution in [3.05, 3.63) is 59.7 Å². The van der Waals surface area contributed by atoms with Gasteiger partial charge in [0.05, 0.1) is 6.61 Å². The molecule has 2 aromatic rings. The van der Waals surface area contributed by atoms with Gasteiger partial charge in [0.2, 0.25) is 0 Å². The van der Waals surface area contributed by atoms with Crippen LogP contribution in [0.15, 0.2) is 48.5 Å². The Hall–Kier alpha value is -2.57. The molecule has 166 valence electrons. The fourth-order valence-electron chi connectivity index (χ4n) is 4.62. The Morgan fingerprint density at radius 3 is 2.58 bits per heavy atom. The van der Waals surface area contributed by atoms with Gasteiger partial charge in [0.25, 0.3) is 0 Å². The van der Waals surface area contributed by atoms with E-state index in [1.54, 1.807) is 0 Å². The summed E-state index contributed by atoms with van der Waals surface area (Å²) in [6.45, 7) is 8.78. The number of hydrogen-bond acceptors (Lipinski definition) is 4. The third-order valence-corrected chi connectivity index (χ3v) is 6.35. The number of amides is 2. The average molecular weight is 424 g/mol. The molecule has 1 N–H and O–H groups in total. The van der Waals surface area contributed by atoms with Crippen LogP contribution in [0.1, 0.15) is 24.5 Å². The summed E-state index contributed by atoms with van der Waals surface area (Å²) in [7, 11) is 0. The first-order chi connectivity index (χ1) is 15.1. The minimum Gasteiger partial charge on any atom is -0.491 e. The third kappa shape index (κ3) is 5.38. The SMILES string of the molecule is CCOCCOc1ccc(NC(=O)N2CC3CC2CN3CCc2ccccc2C)cc1. The normalized spacial score (nSPS) is 20.3. The van der Waals surface area contributed by atoms with Gasteiger partial charge in [-0.25, -0.2) is 4.79 Å². The van der Waals surface area contributed by atoms with Gasteiger partial charge < -0.3 is 19.7 Å². The van der Waals surface area contributed by atoms with E-state index in [0.29, 0.717) is 31.9 Å². The van der Waals surface area contributed by atoms with Gasteiger partial charge in [-0.2, -0.15) is 0 Å². The molecular weight excluding hydrogens is 390 g/mol. The Bertz CT molecular complexity index is 871. The number of nitrogens with zero attached hydrogens (tertiary/aromatic N) is 2. The van der Waals surface area contributed by atoms with Crippen LogP contribution in [0.3, 0.4) is 0 Å². The lowest BCUT2D eigenvalue weighted by Gasteiger charge is -2.34. The fourth-order valence-corrected chi connectivity index (χ4v) is 4.62. The summed E-state index contributed by atoms with van der Waals surface area (Å²) in [5, 5.41) is 3.04. The zero-order valence-corrected chi connectivity index (χ0v) is 18.5. The largest absolute Gasteiger partial charge is 0.491 e. The molecule has 2 saturated heterocycles. The van der Waals surface area contributed by atoms with Crippen molar-refractivity contribution < 1.29 is 14.3 Å². The number of likely N-dealkylation sites (tertiary alicyclic amines) is 2. The maximum absolute atomic E-state index is 12.8. The molecule has 2 unspecified atom stereocenters. The van der Waals surface area contributed by atoms with E-state index < -0.39 is 0 Å². The number of hydrogen-bond donors (Lipinski definition) is 1. The molecule has 2 aromatic carbocycles. The summed E-state index contributed by atoms with van der Waals surface area (Å²) in [4.78, 5) is 17.4. The van der Waals surface area contributed by atoms with E-state index in [9.17, 15) is 4.79 Å². The highest BCUT2D eigenvalue weighted by molar-refractivity contribution is 5.90. The second-order valence-electron chi connectivity index (χ2n) is 8.37. The maximum Gasteiger partial charge on any atom is 0.322 e. The number of benzene rings is 2. The van der Waals surface area contributed by atoms with Crippen molar-refractivity contribution in [3.8, 4) is 5.75 Å². The van der Waals surface area contributed by atoms with Gasteiger partial charge in [-0.15, -0.1) is 0 Å². The molecule has 2 bridgehead atoms. The van der Waals surface area contributed by atoms with Gasteiger partial charge in [0.15, 0.2) is 0 Å². The topological polar surface area (TPSA) is 54.0 Å². The van der Waals surface area contributed by atoms with Crippen molar-refractivity contribution in [3.63, 3.8) is 0 Å². The molecule has 4 rings (SSSR count). The van der Waals surface area contributed by atoms with Crippen molar-refractivity contribution >= 4 is 11.7 Å². The van der Waals surface area contributed by atoms with E-state index >= 15 is 0 Å². The minimum absolute atomic E-state index is 0.00364. The van der Waals surface area contributed by atoms with E-state index in [0.717, 1.165) is 43.9 Å². The molecule has 0 radical (unpaired) electrons. The lowest BCUT2D eigenvalue weighted by atomic mass is 10.1. The zero-order chi connectivity index (χ0) is 21.6. The third-order valence-electron chi connectivity index (χ3n) is 6.35. The molecule has 6 nitrogen and oxygen atoms in total. The molecule has 0 spiro atoms. The highest BCUT2D eigenvalue weighted by Crippen LogP contribution is 2.31. The van der Waals surface area contributed by atoms with Crippen molar-refractivity contribution in [2.24, 2.45) is 0 Å². The lowest BCUT2D eigenvalue weighted by molar-refractivity contribution is 0.110. The molecule has 6 heteroatoms. The van der Waals surface area contributed by atoms with Gasteiger partial charge in [-0.1, -0.05) is 24.3 Å². The van der Waals surface area contributed by atoms with E-state index in [-0.39, 0.29) is 6.03 Å². The first-order valence-corrected chi connectivity index (χ1v) is 11.3. The number of aryl methyl sites for hydroxylation is 1. The average Bonchev–Trinajstić information content (AvgIpc) is 3.38. The van der Waals surface area contributed by atoms with Crippen LogP contribution >= 0.6 is 0 Å². The monoisotopic (exact) mass is 423 g/mol. The minimum atomic E-state index is -0.00364. The maximum atomic E-state index is 12.8. The number of nitrogens with one attached hydrogen (secondary N) is 1. The summed E-state index contributed by atoms with van der Waals surface area (Å²) in [5.41, 5.74) is 3.57. The van der Waals surface area contributed by atoms with Gasteiger partial charge in [0.1, 0.15) is 12.4 Å². The second-order valence-corrected chi connectivity index (χ2v) is 8.37. The first-order valence-electron chi connectivity index (χ1n) is 11.3. The quantitative estimate of drug-likeness (QED) is 0.621. The Balaban J connectivity index is 1.23. The number of carbonyl (C=O) groups is 1. The highest BCUT2D eigenvalue weighted by Gasteiger charge is 2.44. The van der Waals surface area contributed by atoms with Crippen LogP contribution in [0, 0.1) is 6.92 Å². The van der Waals surface area contributed by atoms with Crippen LogP contribution < -0.4 is 10.1 Å². The molecule has 31 heavy (non-hydrogen) atoms. The van der Waals surface area contributed by atoms with Crippen LogP contribution in [0.4, 0.5) is 10.5 Å². The number of urea groups is 1. The standard InChI is InChI=1S/C25H33N3O3/c1-3-30-14-15-31-24-10-8-21(9-11-24)26-25(29)28-18-22-16-23(28)17-27(22)13-12-20-7-5-4-6-19(20)2/h4-11,22-23H,3,12-18H2,1-2H3,(H,26,29). The van der Waals surface area contributed by atoms with Gasteiger partial charge in [-0.05, 0) is 62.1 Å². The predicted molar refractivity (Wildman–Crippen MR) is 123 cm³/mol. The molecule has 0 aromatic heterocycles. The van der Waals surface area contributed by atoms with Crippen LogP contribution in [0.25, 0.3) is 0 Å². The Morgan fingerprint density at radius 1 is 1.06 bits per heavy atom. The number of ether oxygens (including phenoxy) is 2. The van der Waals surface area contributed by atoms with Crippen LogP contribution in [-0.4, -0.2) is 67.4 Å². The lowest BCUT2D eigenvalue weighted by Crippen LogP contribution is -2.50. The van der Waals surface area contributed by atoms with E-state index in [2.05, 4.69) is 41.4 Å². The fraction of sp³-hybridized carbons (Fsp3) is 0.480. The Kier molecular flexibility index (Phi) is 7.10. The number of carbonyl (C=O) groups excluding carboxylic acids is 1. The van der Waals surface area contributed by atoms with E-state index in [1.807, 2.05) is 36.1 Å². The molecule has 2 aliphatic heterocycles. The zero-order valence-electron chi connectivity index (χ0n) is 18.5. The van der Waals surface area contributed by atoms with Crippen LogP contribution in [0.2, 0.25) is 0 Å². The Morgan fingerprint density at radius 2 is 1.87 bits per heavy atom. The number of piperazine rings is 1. The summed E-state index contributed by atoms with van der Waals surface area (Å²) in [6, 6.07) is 16.9. The van der Waals surface area contributed by atoms with Crippen molar-refractivity contribution in [2.75, 3.05) is 44.8 Å². The molecule has 2 heterocycles. The van der Waals surface area contributed by atoms with Gasteiger partial charge in [-0.3, -0.25) is 4.90 Å². The highest BCUT2D eigenvalue weighted by atomic mass is 16.5. The van der Waals surface area contributed by atoms with Gasteiger partial charge in [0, 0.05) is 44.0 Å². The first kappa shape index (κ1) is 21.7. The number of anilines is 1. The molecule has 2 amide bonds. The molecule has 0 saturated carbocycles. The smallest absolute Gasteiger partial charge is 0.322 e. The van der Waals surface area contributed by atoms with Crippen molar-refractivity contribution in [2.45, 2.75) is 38.8 Å². The van der Waals surface area contributed by atoms with E-state index in [4.69, 9.17) is 9.47 Å². The van der Waals surface area contributed by atoms with Crippen LogP contribution in [0.5, 0.6) is 5.75 Å². The van der Waals surface area contributed by atoms with Crippen molar-refractivity contribution in [1.29, 1.82) is 0 Å². The number of fused-ring (bicyclic) bond motifs is 2. The van der Waals surface area contributed by atoms with Gasteiger partial charge >= 0.3 is 6.03 Å². The summed E-state index contributed by atoms with van der Waals surface area (Å²) in [6.07, 6.45) is 2.15. The van der Waals surface area contributed by atoms with Crippen LogP contribution in [-0.2, 0) is 11.2 Å². The Labute approximate surface area is 185 Å². The second kappa shape index (κ2) is 10.2. The summed E-state index contributed by atoms with van der Waals surface area (Å²) >= 11 is 0. The molecule has 0 aliphatic carbocycles. The summed E-state index contributed by atoms with van der Waals surface area (Å²) in [5.74, 6) is 0.780. The summed E-state index contributed by atoms with van der Waals surface area (Å²) < 4.78 is 10.9. The molecule has 2 atom stereocenters. The predicted octanol–water partition coefficient (Wildman–Crippen LogP) is 3.94. The number of rotatable bonds is 9. The molecule has 2 fully saturated rings. The van der Waals surface area contributed by atoms with E-state index in [1.165, 1.54) is 11.1 Å².